The number of ether oxygens (including phenoxy) is 3. The van der Waals surface area contributed by atoms with E-state index in [1.54, 1.807) is 7.11 Å². The minimum Gasteiger partial charge on any atom is -0.497 e. The van der Waals surface area contributed by atoms with Crippen LogP contribution in [0, 0.1) is 0 Å². The van der Waals surface area contributed by atoms with Crippen LogP contribution in [0.5, 0.6) is 17.4 Å². The standard InChI is InChI=1S/C28H37N3O4/c1-5-27-26(18-30(21-11-12-21)17-23(32)19-34-20(2)3)28(31(29-27)22-9-7-6-8-10-22)35-25-15-13-24(33-4)14-16-25/h6-10,13-16,20-21,23,32H,5,11-12,17-19H2,1-4H3/t23-/m0/s1. The minimum absolute atomic E-state index is 0.0966. The van der Waals surface area contributed by atoms with Gasteiger partial charge in [-0.05, 0) is 69.5 Å². The number of benzene rings is 2. The van der Waals surface area contributed by atoms with Crippen LogP contribution in [0.15, 0.2) is 54.6 Å². The second kappa shape index (κ2) is 11.7. The molecule has 1 N–H and O–H groups in total. The van der Waals surface area contributed by atoms with E-state index in [9.17, 15) is 5.11 Å². The first-order valence-corrected chi connectivity index (χ1v) is 12.5. The summed E-state index contributed by atoms with van der Waals surface area (Å²) in [7, 11) is 1.65. The number of aryl methyl sites for hydroxylation is 1. The largest absolute Gasteiger partial charge is 0.497 e. The highest BCUT2D eigenvalue weighted by atomic mass is 16.5. The summed E-state index contributed by atoms with van der Waals surface area (Å²) < 4.78 is 19.3. The summed E-state index contributed by atoms with van der Waals surface area (Å²) >= 11 is 0. The van der Waals surface area contributed by atoms with E-state index >= 15 is 0 Å². The van der Waals surface area contributed by atoms with Gasteiger partial charge in [0.05, 0.1) is 42.9 Å². The first-order valence-electron chi connectivity index (χ1n) is 12.5. The van der Waals surface area contributed by atoms with Crippen molar-refractivity contribution >= 4 is 0 Å². The van der Waals surface area contributed by atoms with Crippen molar-refractivity contribution in [3.8, 4) is 23.1 Å². The van der Waals surface area contributed by atoms with Crippen LogP contribution in [-0.2, 0) is 17.7 Å². The molecule has 7 nitrogen and oxygen atoms in total. The summed E-state index contributed by atoms with van der Waals surface area (Å²) in [5.74, 6) is 2.20. The molecule has 0 spiro atoms. The van der Waals surface area contributed by atoms with Gasteiger partial charge in [0.25, 0.3) is 0 Å². The van der Waals surface area contributed by atoms with Crippen LogP contribution in [0.3, 0.4) is 0 Å². The van der Waals surface area contributed by atoms with Gasteiger partial charge in [0.1, 0.15) is 11.5 Å². The second-order valence-electron chi connectivity index (χ2n) is 9.31. The number of aliphatic hydroxyl groups is 1. The lowest BCUT2D eigenvalue weighted by Gasteiger charge is -2.26. The Hall–Kier alpha value is -2.87. The summed E-state index contributed by atoms with van der Waals surface area (Å²) in [6.45, 7) is 7.63. The quantitative estimate of drug-likeness (QED) is 0.373. The molecule has 188 valence electrons. The van der Waals surface area contributed by atoms with Crippen molar-refractivity contribution in [2.24, 2.45) is 0 Å². The molecule has 0 aliphatic heterocycles. The topological polar surface area (TPSA) is 69.0 Å². The molecule has 35 heavy (non-hydrogen) atoms. The average molecular weight is 480 g/mol. The molecular formula is C28H37N3O4. The number of nitrogens with zero attached hydrogens (tertiary/aromatic N) is 3. The number of hydrogen-bond donors (Lipinski definition) is 1. The number of methoxy groups -OCH3 is 1. The van der Waals surface area contributed by atoms with Crippen molar-refractivity contribution in [2.75, 3.05) is 20.3 Å². The summed E-state index contributed by atoms with van der Waals surface area (Å²) in [5, 5.41) is 15.6. The third kappa shape index (κ3) is 6.63. The fraction of sp³-hybridized carbons (Fsp3) is 0.464. The lowest BCUT2D eigenvalue weighted by molar-refractivity contribution is -0.0107. The molecule has 1 aromatic heterocycles. The zero-order valence-corrected chi connectivity index (χ0v) is 21.2. The van der Waals surface area contributed by atoms with Crippen LogP contribution in [0.2, 0.25) is 0 Å². The van der Waals surface area contributed by atoms with E-state index in [1.807, 2.05) is 73.1 Å². The molecule has 1 aliphatic carbocycles. The Balaban J connectivity index is 1.66. The summed E-state index contributed by atoms with van der Waals surface area (Å²) in [4.78, 5) is 2.35. The van der Waals surface area contributed by atoms with Gasteiger partial charge in [-0.25, -0.2) is 4.68 Å². The lowest BCUT2D eigenvalue weighted by atomic mass is 10.1. The molecule has 0 saturated heterocycles. The van der Waals surface area contributed by atoms with E-state index in [2.05, 4.69) is 11.8 Å². The van der Waals surface area contributed by atoms with E-state index in [0.717, 1.165) is 47.7 Å². The highest BCUT2D eigenvalue weighted by Crippen LogP contribution is 2.36. The number of hydrogen-bond acceptors (Lipinski definition) is 6. The van der Waals surface area contributed by atoms with Crippen LogP contribution in [0.1, 0.15) is 44.9 Å². The van der Waals surface area contributed by atoms with Gasteiger partial charge in [0.2, 0.25) is 5.88 Å². The normalized spacial score (nSPS) is 14.5. The lowest BCUT2D eigenvalue weighted by Crippen LogP contribution is -2.36. The zero-order valence-electron chi connectivity index (χ0n) is 21.2. The molecule has 0 unspecified atom stereocenters. The van der Waals surface area contributed by atoms with E-state index in [0.29, 0.717) is 31.6 Å². The van der Waals surface area contributed by atoms with Crippen LogP contribution in [0.25, 0.3) is 5.69 Å². The Kier molecular flexibility index (Phi) is 8.44. The summed E-state index contributed by atoms with van der Waals surface area (Å²) in [6.07, 6.45) is 2.62. The third-order valence-corrected chi connectivity index (χ3v) is 6.12. The maximum absolute atomic E-state index is 10.7. The van der Waals surface area contributed by atoms with Gasteiger partial charge in [-0.2, -0.15) is 5.10 Å². The van der Waals surface area contributed by atoms with Crippen LogP contribution in [0.4, 0.5) is 0 Å². The monoisotopic (exact) mass is 479 g/mol. The van der Waals surface area contributed by atoms with Gasteiger partial charge in [0, 0.05) is 19.1 Å². The fourth-order valence-electron chi connectivity index (χ4n) is 4.14. The molecular weight excluding hydrogens is 442 g/mol. The minimum atomic E-state index is -0.543. The Morgan fingerprint density at radius 1 is 1.06 bits per heavy atom. The average Bonchev–Trinajstić information content (AvgIpc) is 3.67. The number of para-hydroxylation sites is 1. The van der Waals surface area contributed by atoms with Crippen molar-refractivity contribution in [3.63, 3.8) is 0 Å². The third-order valence-electron chi connectivity index (χ3n) is 6.12. The van der Waals surface area contributed by atoms with Gasteiger partial charge >= 0.3 is 0 Å². The number of aromatic nitrogens is 2. The van der Waals surface area contributed by atoms with E-state index in [1.165, 1.54) is 0 Å². The van der Waals surface area contributed by atoms with Gasteiger partial charge in [-0.1, -0.05) is 25.1 Å². The molecule has 1 fully saturated rings. The van der Waals surface area contributed by atoms with Gasteiger partial charge in [-0.15, -0.1) is 0 Å². The molecule has 0 bridgehead atoms. The molecule has 1 atom stereocenters. The Morgan fingerprint density at radius 2 is 1.74 bits per heavy atom. The zero-order chi connectivity index (χ0) is 24.8. The predicted molar refractivity (Wildman–Crippen MR) is 137 cm³/mol. The number of rotatable bonds is 13. The Labute approximate surface area is 208 Å². The molecule has 7 heteroatoms. The summed E-state index contributed by atoms with van der Waals surface area (Å²) in [6, 6.07) is 18.1. The van der Waals surface area contributed by atoms with Crippen molar-refractivity contribution in [2.45, 2.75) is 64.8 Å². The van der Waals surface area contributed by atoms with E-state index in [-0.39, 0.29) is 6.10 Å². The van der Waals surface area contributed by atoms with Gasteiger partial charge < -0.3 is 19.3 Å². The van der Waals surface area contributed by atoms with Crippen LogP contribution >= 0.6 is 0 Å². The predicted octanol–water partition coefficient (Wildman–Crippen LogP) is 4.99. The first-order chi connectivity index (χ1) is 17.0. The summed E-state index contributed by atoms with van der Waals surface area (Å²) in [5.41, 5.74) is 2.99. The first kappa shape index (κ1) is 25.2. The Bertz CT molecular complexity index is 1060. The highest BCUT2D eigenvalue weighted by molar-refractivity contribution is 5.44. The molecule has 2 aromatic carbocycles. The van der Waals surface area contributed by atoms with Crippen LogP contribution in [-0.4, -0.2) is 58.3 Å². The molecule has 0 amide bonds. The van der Waals surface area contributed by atoms with Gasteiger partial charge in [-0.3, -0.25) is 4.90 Å². The number of aliphatic hydroxyl groups excluding tert-OH is 1. The molecule has 1 aliphatic rings. The van der Waals surface area contributed by atoms with Crippen molar-refractivity contribution in [1.29, 1.82) is 0 Å². The maximum Gasteiger partial charge on any atom is 0.227 e. The molecule has 1 heterocycles. The molecule has 0 radical (unpaired) electrons. The Morgan fingerprint density at radius 3 is 2.34 bits per heavy atom. The van der Waals surface area contributed by atoms with E-state index in [4.69, 9.17) is 19.3 Å². The van der Waals surface area contributed by atoms with Gasteiger partial charge in [0.15, 0.2) is 0 Å². The van der Waals surface area contributed by atoms with E-state index < -0.39 is 6.10 Å². The molecule has 4 rings (SSSR count). The van der Waals surface area contributed by atoms with Crippen molar-refractivity contribution in [1.82, 2.24) is 14.7 Å². The highest BCUT2D eigenvalue weighted by Gasteiger charge is 2.33. The second-order valence-corrected chi connectivity index (χ2v) is 9.31. The molecule has 3 aromatic rings. The SMILES string of the molecule is CCc1nn(-c2ccccc2)c(Oc2ccc(OC)cc2)c1CN(C[C@H](O)COC(C)C)C1CC1. The maximum atomic E-state index is 10.7. The van der Waals surface area contributed by atoms with Crippen LogP contribution < -0.4 is 9.47 Å². The smallest absolute Gasteiger partial charge is 0.227 e. The van der Waals surface area contributed by atoms with Crippen molar-refractivity contribution < 1.29 is 19.3 Å². The fourth-order valence-corrected chi connectivity index (χ4v) is 4.14. The van der Waals surface area contributed by atoms with Crippen molar-refractivity contribution in [3.05, 3.63) is 65.9 Å². The molecule has 1 saturated carbocycles.